The van der Waals surface area contributed by atoms with Gasteiger partial charge < -0.3 is 5.32 Å². The van der Waals surface area contributed by atoms with E-state index in [9.17, 15) is 0 Å². The Morgan fingerprint density at radius 2 is 1.56 bits per heavy atom. The van der Waals surface area contributed by atoms with E-state index in [1.807, 2.05) is 29.6 Å². The fourth-order valence-electron chi connectivity index (χ4n) is 1.55. The summed E-state index contributed by atoms with van der Waals surface area (Å²) in [5.74, 6) is 0. The topological polar surface area (TPSA) is 50.7 Å². The number of hydrogen-bond donors (Lipinski definition) is 1. The first-order valence-electron chi connectivity index (χ1n) is 5.45. The summed E-state index contributed by atoms with van der Waals surface area (Å²) in [6, 6.07) is 7.72. The largest absolute Gasteiger partial charge is 0.331 e. The van der Waals surface area contributed by atoms with Crippen LogP contribution in [0.5, 0.6) is 0 Å². The number of nitrogens with one attached hydrogen (secondary N) is 1. The zero-order valence-electron chi connectivity index (χ0n) is 9.45. The molecule has 3 heterocycles. The summed E-state index contributed by atoms with van der Waals surface area (Å²) in [7, 11) is 0. The minimum absolute atomic E-state index is 0.869. The van der Waals surface area contributed by atoms with E-state index in [1.165, 1.54) is 0 Å². The molecule has 18 heavy (non-hydrogen) atoms. The van der Waals surface area contributed by atoms with E-state index >= 15 is 0 Å². The van der Waals surface area contributed by atoms with Crippen LogP contribution in [0.3, 0.4) is 0 Å². The molecule has 0 saturated carbocycles. The van der Waals surface area contributed by atoms with E-state index in [0.717, 1.165) is 22.1 Å². The number of anilines is 2. The van der Waals surface area contributed by atoms with Crippen LogP contribution in [-0.2, 0) is 0 Å². The smallest absolute Gasteiger partial charge is 0.187 e. The number of nitrogens with zero attached hydrogens (tertiary/aromatic N) is 3. The average molecular weight is 254 g/mol. The van der Waals surface area contributed by atoms with Crippen molar-refractivity contribution in [1.29, 1.82) is 0 Å². The van der Waals surface area contributed by atoms with E-state index < -0.39 is 0 Å². The summed E-state index contributed by atoms with van der Waals surface area (Å²) in [4.78, 5) is 12.5. The van der Waals surface area contributed by atoms with Crippen molar-refractivity contribution in [3.05, 3.63) is 54.4 Å². The molecule has 0 spiro atoms. The first-order valence-corrected chi connectivity index (χ1v) is 6.33. The van der Waals surface area contributed by atoms with Crippen LogP contribution in [0.15, 0.2) is 54.4 Å². The Morgan fingerprint density at radius 1 is 0.889 bits per heavy atom. The van der Waals surface area contributed by atoms with Gasteiger partial charge in [0, 0.05) is 41.4 Å². The lowest BCUT2D eigenvalue weighted by atomic mass is 10.2. The van der Waals surface area contributed by atoms with Gasteiger partial charge in [0.05, 0.1) is 5.69 Å². The van der Waals surface area contributed by atoms with Gasteiger partial charge in [0.2, 0.25) is 0 Å². The van der Waals surface area contributed by atoms with E-state index in [-0.39, 0.29) is 0 Å². The average Bonchev–Trinajstić information content (AvgIpc) is 2.89. The van der Waals surface area contributed by atoms with Gasteiger partial charge in [0.15, 0.2) is 5.13 Å². The SMILES string of the molecule is c1cc(Nc2nc(-c3ccncc3)cs2)ccn1. The first kappa shape index (κ1) is 10.9. The Morgan fingerprint density at radius 3 is 2.28 bits per heavy atom. The minimum Gasteiger partial charge on any atom is -0.331 e. The summed E-state index contributed by atoms with van der Waals surface area (Å²) in [6.45, 7) is 0. The lowest BCUT2D eigenvalue weighted by Gasteiger charge is -2.00. The lowest BCUT2D eigenvalue weighted by molar-refractivity contribution is 1.30. The van der Waals surface area contributed by atoms with Gasteiger partial charge in [-0.05, 0) is 24.3 Å². The fraction of sp³-hybridized carbons (Fsp3) is 0. The number of thiazole rings is 1. The highest BCUT2D eigenvalue weighted by Gasteiger charge is 2.04. The van der Waals surface area contributed by atoms with Crippen molar-refractivity contribution < 1.29 is 0 Å². The van der Waals surface area contributed by atoms with Gasteiger partial charge in [-0.15, -0.1) is 11.3 Å². The van der Waals surface area contributed by atoms with Gasteiger partial charge in [-0.1, -0.05) is 0 Å². The van der Waals surface area contributed by atoms with E-state index in [2.05, 4.69) is 20.3 Å². The second-order valence-electron chi connectivity index (χ2n) is 3.63. The van der Waals surface area contributed by atoms with Gasteiger partial charge in [0.25, 0.3) is 0 Å². The third-order valence-electron chi connectivity index (χ3n) is 2.41. The fourth-order valence-corrected chi connectivity index (χ4v) is 2.29. The van der Waals surface area contributed by atoms with Crippen LogP contribution >= 0.6 is 11.3 Å². The number of pyridine rings is 2. The highest BCUT2D eigenvalue weighted by atomic mass is 32.1. The molecule has 0 fully saturated rings. The second kappa shape index (κ2) is 4.93. The molecule has 0 aliphatic heterocycles. The molecule has 3 rings (SSSR count). The zero-order chi connectivity index (χ0) is 12.2. The molecule has 0 unspecified atom stereocenters. The Labute approximate surface area is 108 Å². The quantitative estimate of drug-likeness (QED) is 0.778. The van der Waals surface area contributed by atoms with Crippen molar-refractivity contribution >= 4 is 22.2 Å². The molecule has 0 aromatic carbocycles. The molecule has 3 aromatic heterocycles. The number of aromatic nitrogens is 3. The van der Waals surface area contributed by atoms with Gasteiger partial charge in [0.1, 0.15) is 0 Å². The number of rotatable bonds is 3. The predicted octanol–water partition coefficient (Wildman–Crippen LogP) is 3.34. The maximum atomic E-state index is 4.54. The summed E-state index contributed by atoms with van der Waals surface area (Å²) < 4.78 is 0. The van der Waals surface area contributed by atoms with Crippen molar-refractivity contribution in [3.63, 3.8) is 0 Å². The van der Waals surface area contributed by atoms with Gasteiger partial charge in [-0.3, -0.25) is 9.97 Å². The molecular weight excluding hydrogens is 244 g/mol. The monoisotopic (exact) mass is 254 g/mol. The highest BCUT2D eigenvalue weighted by molar-refractivity contribution is 7.14. The third-order valence-corrected chi connectivity index (χ3v) is 3.17. The van der Waals surface area contributed by atoms with E-state index in [4.69, 9.17) is 0 Å². The van der Waals surface area contributed by atoms with Crippen LogP contribution in [0.25, 0.3) is 11.3 Å². The second-order valence-corrected chi connectivity index (χ2v) is 4.49. The van der Waals surface area contributed by atoms with Crippen LogP contribution < -0.4 is 5.32 Å². The summed E-state index contributed by atoms with van der Waals surface area (Å²) >= 11 is 1.58. The number of hydrogen-bond acceptors (Lipinski definition) is 5. The summed E-state index contributed by atoms with van der Waals surface area (Å²) in [5, 5.41) is 6.14. The van der Waals surface area contributed by atoms with E-state index in [0.29, 0.717) is 0 Å². The molecule has 4 nitrogen and oxygen atoms in total. The zero-order valence-corrected chi connectivity index (χ0v) is 10.3. The lowest BCUT2D eigenvalue weighted by Crippen LogP contribution is -1.89. The van der Waals surface area contributed by atoms with Crippen molar-refractivity contribution in [2.45, 2.75) is 0 Å². The molecule has 0 radical (unpaired) electrons. The molecule has 0 aliphatic rings. The molecular formula is C13H10N4S. The van der Waals surface area contributed by atoms with Crippen LogP contribution in [0.2, 0.25) is 0 Å². The predicted molar refractivity (Wildman–Crippen MR) is 72.9 cm³/mol. The van der Waals surface area contributed by atoms with Gasteiger partial charge in [-0.25, -0.2) is 4.98 Å². The minimum atomic E-state index is 0.869. The van der Waals surface area contributed by atoms with Crippen molar-refractivity contribution in [1.82, 2.24) is 15.0 Å². The van der Waals surface area contributed by atoms with Crippen molar-refractivity contribution in [2.24, 2.45) is 0 Å². The van der Waals surface area contributed by atoms with Crippen LogP contribution in [-0.4, -0.2) is 15.0 Å². The normalized spacial score (nSPS) is 10.2. The van der Waals surface area contributed by atoms with Gasteiger partial charge >= 0.3 is 0 Å². The third kappa shape index (κ3) is 2.36. The molecule has 0 amide bonds. The Kier molecular flexibility index (Phi) is 2.97. The van der Waals surface area contributed by atoms with Crippen molar-refractivity contribution in [2.75, 3.05) is 5.32 Å². The Bertz CT molecular complexity index is 622. The highest BCUT2D eigenvalue weighted by Crippen LogP contribution is 2.26. The molecule has 3 aromatic rings. The molecule has 1 N–H and O–H groups in total. The van der Waals surface area contributed by atoms with Gasteiger partial charge in [-0.2, -0.15) is 0 Å². The molecule has 88 valence electrons. The summed E-state index contributed by atoms with van der Waals surface area (Å²) in [5.41, 5.74) is 3.02. The molecule has 0 aliphatic carbocycles. The maximum absolute atomic E-state index is 4.54. The van der Waals surface area contributed by atoms with Crippen LogP contribution in [0.1, 0.15) is 0 Å². The summed E-state index contributed by atoms with van der Waals surface area (Å²) in [6.07, 6.45) is 7.04. The Hall–Kier alpha value is -2.27. The molecule has 0 bridgehead atoms. The van der Waals surface area contributed by atoms with Crippen LogP contribution in [0, 0.1) is 0 Å². The Balaban J connectivity index is 1.82. The van der Waals surface area contributed by atoms with E-state index in [1.54, 1.807) is 36.1 Å². The molecule has 5 heteroatoms. The maximum Gasteiger partial charge on any atom is 0.187 e. The van der Waals surface area contributed by atoms with Crippen LogP contribution in [0.4, 0.5) is 10.8 Å². The molecule has 0 saturated heterocycles. The molecule has 0 atom stereocenters. The standard InChI is InChI=1S/C13H10N4S/c1-5-14-6-2-10(1)12-9-18-13(17-12)16-11-3-7-15-8-4-11/h1-9H,(H,15,16,17). The van der Waals surface area contributed by atoms with Crippen molar-refractivity contribution in [3.8, 4) is 11.3 Å². The first-order chi connectivity index (χ1) is 8.92.